The van der Waals surface area contributed by atoms with Crippen molar-refractivity contribution in [2.75, 3.05) is 20.3 Å². The van der Waals surface area contributed by atoms with Crippen LogP contribution in [0.1, 0.15) is 27.7 Å². The van der Waals surface area contributed by atoms with E-state index in [4.69, 9.17) is 19.0 Å². The largest absolute Gasteiger partial charge is 0.467 e. The zero-order valence-electron chi connectivity index (χ0n) is 14.4. The molecule has 24 heavy (non-hydrogen) atoms. The molecule has 9 nitrogen and oxygen atoms in total. The maximum Gasteiger partial charge on any atom is 0.411 e. The van der Waals surface area contributed by atoms with Crippen molar-refractivity contribution in [2.45, 2.75) is 45.4 Å². The lowest BCUT2D eigenvalue weighted by atomic mass is 9.97. The van der Waals surface area contributed by atoms with Crippen LogP contribution in [0.15, 0.2) is 5.16 Å². The minimum absolute atomic E-state index is 0.0526. The molecule has 1 saturated heterocycles. The highest BCUT2D eigenvalue weighted by molar-refractivity contribution is 6.38. The summed E-state index contributed by atoms with van der Waals surface area (Å²) in [5.74, 6) is -1.85. The second kappa shape index (κ2) is 6.66. The normalized spacial score (nSPS) is 25.5. The summed E-state index contributed by atoms with van der Waals surface area (Å²) in [6, 6.07) is -1.04. The zero-order chi connectivity index (χ0) is 18.1. The highest BCUT2D eigenvalue weighted by Gasteiger charge is 2.57. The Morgan fingerprint density at radius 3 is 2.54 bits per heavy atom. The van der Waals surface area contributed by atoms with Crippen molar-refractivity contribution in [3.63, 3.8) is 0 Å². The summed E-state index contributed by atoms with van der Waals surface area (Å²) >= 11 is 0. The van der Waals surface area contributed by atoms with E-state index in [2.05, 4.69) is 5.16 Å². The van der Waals surface area contributed by atoms with E-state index >= 15 is 0 Å². The number of carbonyl (C=O) groups excluding carboxylic acids is 3. The van der Waals surface area contributed by atoms with Crippen molar-refractivity contribution in [3.8, 4) is 0 Å². The molecule has 9 heteroatoms. The molecule has 0 aromatic rings. The van der Waals surface area contributed by atoms with Gasteiger partial charge in [0.05, 0.1) is 19.6 Å². The average Bonchev–Trinajstić information content (AvgIpc) is 3.03. The maximum absolute atomic E-state index is 12.4. The summed E-state index contributed by atoms with van der Waals surface area (Å²) in [6.45, 7) is 7.07. The van der Waals surface area contributed by atoms with Crippen LogP contribution in [0.5, 0.6) is 0 Å². The summed E-state index contributed by atoms with van der Waals surface area (Å²) < 4.78 is 15.0. The first-order chi connectivity index (χ1) is 11.2. The highest BCUT2D eigenvalue weighted by Crippen LogP contribution is 2.34. The Kier molecular flexibility index (Phi) is 5.00. The molecule has 2 rings (SSSR count). The molecular weight excluding hydrogens is 320 g/mol. The Labute approximate surface area is 139 Å². The molecule has 0 aliphatic carbocycles. The number of esters is 2. The van der Waals surface area contributed by atoms with Crippen LogP contribution in [0.3, 0.4) is 0 Å². The molecule has 0 N–H and O–H groups in total. The summed E-state index contributed by atoms with van der Waals surface area (Å²) in [5.41, 5.74) is -0.671. The van der Waals surface area contributed by atoms with Gasteiger partial charge in [0.25, 0.3) is 0 Å². The van der Waals surface area contributed by atoms with Crippen LogP contribution in [0.25, 0.3) is 0 Å². The predicted octanol–water partition coefficient (Wildman–Crippen LogP) is 0.713. The van der Waals surface area contributed by atoms with Gasteiger partial charge in [-0.15, -0.1) is 0 Å². The number of hydrogen-bond donors (Lipinski definition) is 0. The predicted molar refractivity (Wildman–Crippen MR) is 81.2 cm³/mol. The van der Waals surface area contributed by atoms with Crippen LogP contribution >= 0.6 is 0 Å². The van der Waals surface area contributed by atoms with E-state index < -0.39 is 41.7 Å². The van der Waals surface area contributed by atoms with Gasteiger partial charge in [0.1, 0.15) is 5.60 Å². The smallest absolute Gasteiger partial charge is 0.411 e. The van der Waals surface area contributed by atoms with Crippen LogP contribution in [-0.4, -0.2) is 66.7 Å². The molecule has 0 aromatic carbocycles. The second-order valence-corrected chi connectivity index (χ2v) is 6.47. The van der Waals surface area contributed by atoms with Gasteiger partial charge in [0, 0.05) is 6.54 Å². The fourth-order valence-corrected chi connectivity index (χ4v) is 2.67. The van der Waals surface area contributed by atoms with Gasteiger partial charge in [-0.2, -0.15) is 0 Å². The number of ether oxygens (including phenoxy) is 3. The quantitative estimate of drug-likeness (QED) is 0.549. The number of carbonyl (C=O) groups is 3. The SMILES string of the molecule is CCOC(=O)C1=NO[C@@H]2[C@H]1CN(C(=O)OC(C)(C)C)[C@H]2C(=O)OC. The second-order valence-electron chi connectivity index (χ2n) is 6.47. The number of rotatable bonds is 3. The lowest BCUT2D eigenvalue weighted by Gasteiger charge is -2.28. The summed E-state index contributed by atoms with van der Waals surface area (Å²) in [4.78, 5) is 42.9. The third-order valence-corrected chi connectivity index (χ3v) is 3.62. The minimum atomic E-state index is -1.04. The van der Waals surface area contributed by atoms with Crippen LogP contribution in [0, 0.1) is 5.92 Å². The molecule has 0 unspecified atom stereocenters. The molecule has 1 fully saturated rings. The van der Waals surface area contributed by atoms with Gasteiger partial charge in [-0.05, 0) is 27.7 Å². The lowest BCUT2D eigenvalue weighted by molar-refractivity contribution is -0.149. The fourth-order valence-electron chi connectivity index (χ4n) is 2.67. The Morgan fingerprint density at radius 1 is 1.33 bits per heavy atom. The van der Waals surface area contributed by atoms with Crippen LogP contribution < -0.4 is 0 Å². The van der Waals surface area contributed by atoms with Gasteiger partial charge >= 0.3 is 18.0 Å². The van der Waals surface area contributed by atoms with Crippen LogP contribution in [0.2, 0.25) is 0 Å². The zero-order valence-corrected chi connectivity index (χ0v) is 14.4. The van der Waals surface area contributed by atoms with Crippen molar-refractivity contribution >= 4 is 23.7 Å². The molecule has 134 valence electrons. The molecule has 1 amide bonds. The number of likely N-dealkylation sites (tertiary alicyclic amines) is 1. The number of oxime groups is 1. The molecule has 0 saturated carbocycles. The number of hydrogen-bond acceptors (Lipinski definition) is 8. The molecule has 0 spiro atoms. The van der Waals surface area contributed by atoms with Crippen molar-refractivity contribution in [1.29, 1.82) is 0 Å². The van der Waals surface area contributed by atoms with Gasteiger partial charge in [0.15, 0.2) is 17.9 Å². The molecule has 3 atom stereocenters. The number of methoxy groups -OCH3 is 1. The van der Waals surface area contributed by atoms with Gasteiger partial charge < -0.3 is 19.0 Å². The Bertz CT molecular complexity index is 567. The van der Waals surface area contributed by atoms with E-state index in [-0.39, 0.29) is 18.9 Å². The van der Waals surface area contributed by atoms with Crippen molar-refractivity contribution < 1.29 is 33.4 Å². The highest BCUT2D eigenvalue weighted by atomic mass is 16.7. The van der Waals surface area contributed by atoms with E-state index in [1.165, 1.54) is 12.0 Å². The van der Waals surface area contributed by atoms with Gasteiger partial charge in [-0.25, -0.2) is 14.4 Å². The fraction of sp³-hybridized carbons (Fsp3) is 0.733. The number of fused-ring (bicyclic) bond motifs is 1. The van der Waals surface area contributed by atoms with Gasteiger partial charge in [-0.1, -0.05) is 5.16 Å². The molecule has 2 aliphatic heterocycles. The van der Waals surface area contributed by atoms with Gasteiger partial charge in [0.2, 0.25) is 0 Å². The van der Waals surface area contributed by atoms with Gasteiger partial charge in [-0.3, -0.25) is 4.90 Å². The van der Waals surface area contributed by atoms with E-state index in [1.807, 2.05) is 0 Å². The third-order valence-electron chi connectivity index (χ3n) is 3.62. The minimum Gasteiger partial charge on any atom is -0.467 e. The molecule has 2 aliphatic rings. The van der Waals surface area contributed by atoms with Crippen molar-refractivity contribution in [2.24, 2.45) is 11.1 Å². The van der Waals surface area contributed by atoms with E-state index in [0.717, 1.165) is 0 Å². The topological polar surface area (TPSA) is 104 Å². The number of amides is 1. The first kappa shape index (κ1) is 18.0. The summed E-state index contributed by atoms with van der Waals surface area (Å²) in [7, 11) is 1.21. The molecule has 2 heterocycles. The molecular formula is C15H22N2O7. The maximum atomic E-state index is 12.4. The van der Waals surface area contributed by atoms with Crippen molar-refractivity contribution in [3.05, 3.63) is 0 Å². The summed E-state index contributed by atoms with van der Waals surface area (Å²) in [5, 5.41) is 3.73. The van der Waals surface area contributed by atoms with E-state index in [9.17, 15) is 14.4 Å². The Morgan fingerprint density at radius 2 is 2.00 bits per heavy atom. The van der Waals surface area contributed by atoms with E-state index in [1.54, 1.807) is 27.7 Å². The molecule has 0 bridgehead atoms. The third kappa shape index (κ3) is 3.44. The first-order valence-corrected chi connectivity index (χ1v) is 7.68. The van der Waals surface area contributed by atoms with Crippen LogP contribution in [-0.2, 0) is 28.6 Å². The van der Waals surface area contributed by atoms with E-state index in [0.29, 0.717) is 0 Å². The lowest BCUT2D eigenvalue weighted by Crippen LogP contribution is -2.47. The standard InChI is InChI=1S/C15H22N2O7/c1-6-22-12(18)9-8-7-17(14(20)23-15(2,3)4)10(13(19)21-5)11(8)24-16-9/h8,10-11H,6-7H2,1-5H3/t8-,10+,11+/m0/s1. The molecule has 0 radical (unpaired) electrons. The van der Waals surface area contributed by atoms with Crippen LogP contribution in [0.4, 0.5) is 4.79 Å². The first-order valence-electron chi connectivity index (χ1n) is 7.68. The Balaban J connectivity index is 2.23. The average molecular weight is 342 g/mol. The number of nitrogens with zero attached hydrogens (tertiary/aromatic N) is 2. The monoisotopic (exact) mass is 342 g/mol. The molecule has 0 aromatic heterocycles. The van der Waals surface area contributed by atoms with Crippen molar-refractivity contribution in [1.82, 2.24) is 4.90 Å². The Hall–Kier alpha value is -2.32. The summed E-state index contributed by atoms with van der Waals surface area (Å²) in [6.07, 6.45) is -1.48.